The summed E-state index contributed by atoms with van der Waals surface area (Å²) >= 11 is 0. The van der Waals surface area contributed by atoms with E-state index in [0.717, 1.165) is 5.69 Å². The second-order valence-corrected chi connectivity index (χ2v) is 7.12. The first-order chi connectivity index (χ1) is 8.80. The number of hydrogen-bond donors (Lipinski definition) is 1. The normalized spacial score (nSPS) is 12.3. The molecule has 0 aliphatic heterocycles. The summed E-state index contributed by atoms with van der Waals surface area (Å²) in [4.78, 5) is 0. The van der Waals surface area contributed by atoms with Crippen LogP contribution in [0.4, 0.5) is 0 Å². The van der Waals surface area contributed by atoms with Gasteiger partial charge in [-0.15, -0.1) is 10.2 Å². The minimum absolute atomic E-state index is 0.221. The molecule has 0 bridgehead atoms. The van der Waals surface area contributed by atoms with Gasteiger partial charge in [-0.05, 0) is 12.8 Å². The van der Waals surface area contributed by atoms with E-state index in [1.54, 1.807) is 6.20 Å². The highest BCUT2D eigenvalue weighted by Crippen LogP contribution is 2.24. The predicted octanol–water partition coefficient (Wildman–Crippen LogP) is 1.56. The summed E-state index contributed by atoms with van der Waals surface area (Å²) in [5, 5.41) is 14.1. The molecule has 0 saturated heterocycles. The molecule has 2 rings (SSSR count). The van der Waals surface area contributed by atoms with Crippen LogP contribution in [0.3, 0.4) is 0 Å². The maximum atomic E-state index is 11.5. The highest BCUT2D eigenvalue weighted by molar-refractivity contribution is 8.13. The van der Waals surface area contributed by atoms with Crippen molar-refractivity contribution < 1.29 is 8.42 Å². The van der Waals surface area contributed by atoms with Crippen molar-refractivity contribution in [3.05, 3.63) is 11.9 Å². The van der Waals surface area contributed by atoms with E-state index in [4.69, 9.17) is 10.7 Å². The molecule has 0 radical (unpaired) electrons. The smallest absolute Gasteiger partial charge is 0.296 e. The Morgan fingerprint density at radius 1 is 1.42 bits per heavy atom. The molecule has 0 spiro atoms. The Balaban J connectivity index is 2.63. The van der Waals surface area contributed by atoms with Crippen LogP contribution in [-0.2, 0) is 15.6 Å². The number of halogens is 1. The fraction of sp³-hybridized carbons (Fsp3) is 0.500. The molecule has 2 heterocycles. The van der Waals surface area contributed by atoms with Crippen molar-refractivity contribution in [2.24, 2.45) is 5.92 Å². The third-order valence-electron chi connectivity index (χ3n) is 2.55. The quantitative estimate of drug-likeness (QED) is 0.865. The molecule has 0 fully saturated rings. The first-order valence-corrected chi connectivity index (χ1v) is 8.00. The standard InChI is InChI=1S/C10H14ClN5O2S/c1-6(2)5-16-9(8-4-12-13-7(8)3)14-15-10(16)19(11,17)18/h4,6H,5H2,1-3H3,(H,12,13). The number of aryl methyl sites for hydroxylation is 1. The highest BCUT2D eigenvalue weighted by Gasteiger charge is 2.24. The first kappa shape index (κ1) is 14.0. The van der Waals surface area contributed by atoms with Crippen LogP contribution in [0, 0.1) is 12.8 Å². The minimum Gasteiger partial charge on any atom is -0.296 e. The van der Waals surface area contributed by atoms with E-state index < -0.39 is 9.05 Å². The van der Waals surface area contributed by atoms with Crippen LogP contribution >= 0.6 is 10.7 Å². The molecule has 0 aliphatic carbocycles. The number of aromatic amines is 1. The molecular formula is C10H14ClN5O2S. The molecule has 0 aromatic carbocycles. The summed E-state index contributed by atoms with van der Waals surface area (Å²) in [6.45, 7) is 6.22. The van der Waals surface area contributed by atoms with Crippen molar-refractivity contribution in [3.8, 4) is 11.4 Å². The van der Waals surface area contributed by atoms with Gasteiger partial charge in [-0.1, -0.05) is 13.8 Å². The monoisotopic (exact) mass is 303 g/mol. The van der Waals surface area contributed by atoms with E-state index in [-0.39, 0.29) is 11.1 Å². The van der Waals surface area contributed by atoms with E-state index in [9.17, 15) is 8.42 Å². The van der Waals surface area contributed by atoms with Crippen LogP contribution in [0.1, 0.15) is 19.5 Å². The van der Waals surface area contributed by atoms with E-state index in [1.807, 2.05) is 20.8 Å². The van der Waals surface area contributed by atoms with Gasteiger partial charge in [0, 0.05) is 22.9 Å². The van der Waals surface area contributed by atoms with Crippen LogP contribution in [0.15, 0.2) is 11.4 Å². The van der Waals surface area contributed by atoms with Crippen LogP contribution in [0.25, 0.3) is 11.4 Å². The molecule has 7 nitrogen and oxygen atoms in total. The maximum absolute atomic E-state index is 11.5. The minimum atomic E-state index is -3.93. The van der Waals surface area contributed by atoms with Gasteiger partial charge >= 0.3 is 0 Å². The van der Waals surface area contributed by atoms with Gasteiger partial charge in [-0.25, -0.2) is 8.42 Å². The largest absolute Gasteiger partial charge is 0.296 e. The number of hydrogen-bond acceptors (Lipinski definition) is 5. The molecule has 0 saturated carbocycles. The molecule has 2 aromatic heterocycles. The molecule has 0 amide bonds. The Labute approximate surface area is 115 Å². The number of nitrogens with one attached hydrogen (secondary N) is 1. The number of aromatic nitrogens is 5. The Morgan fingerprint density at radius 3 is 2.58 bits per heavy atom. The highest BCUT2D eigenvalue weighted by atomic mass is 35.7. The third-order valence-corrected chi connectivity index (χ3v) is 3.71. The topological polar surface area (TPSA) is 93.5 Å². The first-order valence-electron chi connectivity index (χ1n) is 5.69. The van der Waals surface area contributed by atoms with E-state index in [1.165, 1.54) is 4.57 Å². The Hall–Kier alpha value is -1.41. The zero-order chi connectivity index (χ0) is 14.2. The van der Waals surface area contributed by atoms with Crippen LogP contribution in [0.2, 0.25) is 0 Å². The molecular weight excluding hydrogens is 290 g/mol. The van der Waals surface area contributed by atoms with Crippen LogP contribution in [-0.4, -0.2) is 33.4 Å². The molecule has 104 valence electrons. The summed E-state index contributed by atoms with van der Waals surface area (Å²) < 4.78 is 24.5. The second-order valence-electron chi connectivity index (χ2n) is 4.66. The van der Waals surface area contributed by atoms with Crippen molar-refractivity contribution in [1.82, 2.24) is 25.0 Å². The van der Waals surface area contributed by atoms with Crippen molar-refractivity contribution in [2.45, 2.75) is 32.5 Å². The van der Waals surface area contributed by atoms with E-state index >= 15 is 0 Å². The Morgan fingerprint density at radius 2 is 2.11 bits per heavy atom. The molecule has 0 atom stereocenters. The lowest BCUT2D eigenvalue weighted by molar-refractivity contribution is 0.488. The molecule has 9 heteroatoms. The van der Waals surface area contributed by atoms with Crippen molar-refractivity contribution in [1.29, 1.82) is 0 Å². The summed E-state index contributed by atoms with van der Waals surface area (Å²) in [5.74, 6) is 0.665. The lowest BCUT2D eigenvalue weighted by Crippen LogP contribution is -2.12. The van der Waals surface area contributed by atoms with Gasteiger partial charge in [0.1, 0.15) is 0 Å². The number of rotatable bonds is 4. The maximum Gasteiger partial charge on any atom is 0.296 e. The fourth-order valence-corrected chi connectivity index (χ4v) is 2.68. The molecule has 1 N–H and O–H groups in total. The Kier molecular flexibility index (Phi) is 3.64. The molecule has 2 aromatic rings. The van der Waals surface area contributed by atoms with Gasteiger partial charge in [-0.3, -0.25) is 9.67 Å². The zero-order valence-electron chi connectivity index (χ0n) is 10.8. The van der Waals surface area contributed by atoms with E-state index in [2.05, 4.69) is 20.4 Å². The van der Waals surface area contributed by atoms with Gasteiger partial charge in [0.2, 0.25) is 0 Å². The summed E-state index contributed by atoms with van der Waals surface area (Å²) in [5.41, 5.74) is 1.50. The van der Waals surface area contributed by atoms with Gasteiger partial charge in [-0.2, -0.15) is 5.10 Å². The summed E-state index contributed by atoms with van der Waals surface area (Å²) in [6.07, 6.45) is 1.58. The average Bonchev–Trinajstić information content (AvgIpc) is 2.82. The van der Waals surface area contributed by atoms with Crippen LogP contribution < -0.4 is 0 Å². The van der Waals surface area contributed by atoms with E-state index in [0.29, 0.717) is 17.9 Å². The van der Waals surface area contributed by atoms with Gasteiger partial charge in [0.05, 0.1) is 11.8 Å². The summed E-state index contributed by atoms with van der Waals surface area (Å²) in [6, 6.07) is 0. The predicted molar refractivity (Wildman–Crippen MR) is 70.2 cm³/mol. The Bertz CT molecular complexity index is 689. The lowest BCUT2D eigenvalue weighted by atomic mass is 10.2. The van der Waals surface area contributed by atoms with Crippen molar-refractivity contribution in [3.63, 3.8) is 0 Å². The third kappa shape index (κ3) is 2.79. The van der Waals surface area contributed by atoms with Gasteiger partial charge in [0.25, 0.3) is 14.2 Å². The zero-order valence-corrected chi connectivity index (χ0v) is 12.3. The van der Waals surface area contributed by atoms with Crippen LogP contribution in [0.5, 0.6) is 0 Å². The molecule has 0 aliphatic rings. The lowest BCUT2D eigenvalue weighted by Gasteiger charge is -2.10. The SMILES string of the molecule is Cc1[nH]ncc1-c1nnc(S(=O)(=O)Cl)n1CC(C)C. The fourth-order valence-electron chi connectivity index (χ4n) is 1.77. The van der Waals surface area contributed by atoms with Crippen molar-refractivity contribution in [2.75, 3.05) is 0 Å². The molecule has 19 heavy (non-hydrogen) atoms. The van der Waals surface area contributed by atoms with Crippen molar-refractivity contribution >= 4 is 19.7 Å². The molecule has 0 unspecified atom stereocenters. The van der Waals surface area contributed by atoms with Gasteiger partial charge < -0.3 is 0 Å². The van der Waals surface area contributed by atoms with Gasteiger partial charge in [0.15, 0.2) is 5.82 Å². The summed E-state index contributed by atoms with van der Waals surface area (Å²) in [7, 11) is 1.46. The second kappa shape index (κ2) is 4.93. The average molecular weight is 304 g/mol. The number of H-pyrrole nitrogens is 1. The number of nitrogens with zero attached hydrogens (tertiary/aromatic N) is 4.